The lowest BCUT2D eigenvalue weighted by atomic mass is 9.33. The van der Waals surface area contributed by atoms with E-state index in [4.69, 9.17) is 0 Å². The van der Waals surface area contributed by atoms with Crippen LogP contribution in [-0.4, -0.2) is 20.3 Å². The van der Waals surface area contributed by atoms with Crippen molar-refractivity contribution in [3.8, 4) is 11.1 Å². The fourth-order valence-corrected chi connectivity index (χ4v) is 20.7. The molecule has 14 rings (SSSR count). The molecular weight excluding hydrogens is 970 g/mol. The van der Waals surface area contributed by atoms with E-state index in [9.17, 15) is 0 Å². The quantitative estimate of drug-likeness (QED) is 0.154. The maximum atomic E-state index is 2.83. The van der Waals surface area contributed by atoms with Crippen molar-refractivity contribution in [2.24, 2.45) is 0 Å². The van der Waals surface area contributed by atoms with Crippen molar-refractivity contribution in [3.63, 3.8) is 0 Å². The van der Waals surface area contributed by atoms with Gasteiger partial charge in [0.05, 0.1) is 5.54 Å². The summed E-state index contributed by atoms with van der Waals surface area (Å²) in [4.78, 5) is 8.27. The van der Waals surface area contributed by atoms with E-state index in [1.165, 1.54) is 129 Å². The molecule has 0 bridgehead atoms. The third-order valence-electron chi connectivity index (χ3n) is 19.7. The summed E-state index contributed by atoms with van der Waals surface area (Å²) < 4.78 is 0. The van der Waals surface area contributed by atoms with Crippen molar-refractivity contribution in [1.82, 2.24) is 0 Å². The van der Waals surface area contributed by atoms with Crippen molar-refractivity contribution in [1.29, 1.82) is 0 Å². The second-order valence-electron chi connectivity index (χ2n) is 27.3. The normalized spacial score (nSPS) is 19.5. The van der Waals surface area contributed by atoms with Gasteiger partial charge in [0, 0.05) is 50.9 Å². The average Bonchev–Trinajstić information content (AvgIpc) is 2.40. The van der Waals surface area contributed by atoms with Gasteiger partial charge in [-0.1, -0.05) is 222 Å². The van der Waals surface area contributed by atoms with Crippen LogP contribution in [-0.2, 0) is 21.7 Å². The predicted molar refractivity (Wildman–Crippen MR) is 342 cm³/mol. The molecule has 0 saturated heterocycles. The van der Waals surface area contributed by atoms with Gasteiger partial charge in [-0.25, -0.2) is 0 Å². The van der Waals surface area contributed by atoms with Crippen molar-refractivity contribution in [3.05, 3.63) is 222 Å². The number of fused-ring (bicyclic) bond motifs is 3. The first-order valence-electron chi connectivity index (χ1n) is 29.3. The van der Waals surface area contributed by atoms with Crippen LogP contribution in [0.5, 0.6) is 0 Å². The molecule has 5 aliphatic rings. The van der Waals surface area contributed by atoms with E-state index in [0.717, 1.165) is 12.8 Å². The molecule has 0 amide bonds. The second-order valence-corrected chi connectivity index (χ2v) is 31.0. The zero-order chi connectivity index (χ0) is 54.6. The minimum Gasteiger partial charge on any atom is -0.334 e. The zero-order valence-electron chi connectivity index (χ0n) is 48.3. The second kappa shape index (κ2) is 17.3. The van der Waals surface area contributed by atoms with Gasteiger partial charge in [-0.05, 0) is 167 Å². The number of anilines is 8. The van der Waals surface area contributed by atoms with Crippen LogP contribution in [0.1, 0.15) is 124 Å². The standard InChI is InChI=1S/C74H74BN3Si/c1-70(2,3)51-36-38-54(39-37-51)76-61-31-23-33-65-68(61)75-67-63(76)47-56(78-60-40-35-50(49-25-15-12-16-26-49)43-59(60)73(10)41-21-22-42-74(73,78)11)48-64(67)77(55-45-52(71(4,5)6)44-53(46-55)72(7,8)9)62-32-24-34-66(69(62)75)79(65,57-27-17-13-18-28-57)58-29-19-14-20-30-58/h12-20,23-40,43-48H,21-22,41-42H2,1-11H3. The first-order chi connectivity index (χ1) is 37.8. The maximum Gasteiger partial charge on any atom is 0.251 e. The lowest BCUT2D eigenvalue weighted by Crippen LogP contribution is -2.88. The number of nitrogens with zero attached hydrogens (tertiary/aromatic N) is 3. The fraction of sp³-hybridized carbons (Fsp3) is 0.270. The van der Waals surface area contributed by atoms with Gasteiger partial charge in [0.15, 0.2) is 8.07 Å². The molecule has 9 aromatic rings. The topological polar surface area (TPSA) is 9.72 Å². The Balaban J connectivity index is 1.14. The van der Waals surface area contributed by atoms with Crippen LogP contribution >= 0.6 is 0 Å². The first kappa shape index (κ1) is 49.9. The lowest BCUT2D eigenvalue weighted by molar-refractivity contribution is 0.195. The Morgan fingerprint density at radius 2 is 0.899 bits per heavy atom. The zero-order valence-corrected chi connectivity index (χ0v) is 49.3. The Bertz CT molecular complexity index is 3830. The summed E-state index contributed by atoms with van der Waals surface area (Å²) in [5.41, 5.74) is 22.1. The van der Waals surface area contributed by atoms with Crippen LogP contribution < -0.4 is 51.8 Å². The summed E-state index contributed by atoms with van der Waals surface area (Å²) in [5.74, 6) is 0. The molecule has 0 spiro atoms. The average molecular weight is 1040 g/mol. The van der Waals surface area contributed by atoms with Gasteiger partial charge in [0.2, 0.25) is 0 Å². The summed E-state index contributed by atoms with van der Waals surface area (Å²) in [6, 6.07) is 79.0. The van der Waals surface area contributed by atoms with Gasteiger partial charge in [-0.2, -0.15) is 0 Å². The van der Waals surface area contributed by atoms with E-state index in [0.29, 0.717) is 0 Å². The molecule has 0 aromatic heterocycles. The van der Waals surface area contributed by atoms with Crippen LogP contribution in [0.3, 0.4) is 0 Å². The number of hydrogen-bond donors (Lipinski definition) is 0. The molecule has 0 N–H and O–H groups in total. The van der Waals surface area contributed by atoms with Crippen molar-refractivity contribution in [2.75, 3.05) is 14.7 Å². The summed E-state index contributed by atoms with van der Waals surface area (Å²) >= 11 is 0. The number of benzene rings is 9. The van der Waals surface area contributed by atoms with Crippen LogP contribution in [0.25, 0.3) is 11.1 Å². The van der Waals surface area contributed by atoms with Crippen molar-refractivity contribution < 1.29 is 0 Å². The van der Waals surface area contributed by atoms with Crippen LogP contribution in [0.2, 0.25) is 0 Å². The van der Waals surface area contributed by atoms with E-state index in [-0.39, 0.29) is 33.9 Å². The Morgan fingerprint density at radius 1 is 0.392 bits per heavy atom. The minimum atomic E-state index is -3.03. The summed E-state index contributed by atoms with van der Waals surface area (Å²) in [6.07, 6.45) is 4.70. The van der Waals surface area contributed by atoms with Crippen molar-refractivity contribution >= 4 is 97.4 Å². The molecule has 392 valence electrons. The van der Waals surface area contributed by atoms with Gasteiger partial charge in [-0.3, -0.25) is 0 Å². The SMILES string of the molecule is CC(C)(C)c1ccc(N2c3cc(N4c5ccc(-c6ccccc6)cc5C5(C)CCCCC45C)cc4c3B3c5c2cccc5[Si](c2ccccc2)(c2ccccc2)c2cccc(c23)N4c2cc(C(C)(C)C)cc(C(C)(C)C)c2)cc1. The van der Waals surface area contributed by atoms with Crippen molar-refractivity contribution in [2.45, 2.75) is 129 Å². The molecule has 4 aliphatic heterocycles. The highest BCUT2D eigenvalue weighted by Crippen LogP contribution is 2.62. The monoisotopic (exact) mass is 1040 g/mol. The van der Waals surface area contributed by atoms with E-state index >= 15 is 0 Å². The molecule has 2 atom stereocenters. The van der Waals surface area contributed by atoms with Crippen LogP contribution in [0.15, 0.2) is 200 Å². The molecule has 4 heterocycles. The lowest BCUT2D eigenvalue weighted by Gasteiger charge is -2.53. The smallest absolute Gasteiger partial charge is 0.251 e. The Labute approximate surface area is 472 Å². The third-order valence-corrected chi connectivity index (χ3v) is 24.6. The minimum absolute atomic E-state index is 0.00596. The fourth-order valence-electron chi connectivity index (χ4n) is 15.4. The molecule has 9 aromatic carbocycles. The maximum absolute atomic E-state index is 3.03. The van der Waals surface area contributed by atoms with Crippen LogP contribution in [0.4, 0.5) is 45.5 Å². The summed E-state index contributed by atoms with van der Waals surface area (Å²) in [6.45, 7) is 26.5. The Morgan fingerprint density at radius 3 is 1.43 bits per heavy atom. The van der Waals surface area contributed by atoms with Gasteiger partial charge in [0.25, 0.3) is 6.71 Å². The highest BCUT2D eigenvalue weighted by molar-refractivity contribution is 7.27. The third kappa shape index (κ3) is 7.16. The van der Waals surface area contributed by atoms with Crippen LogP contribution in [0, 0.1) is 0 Å². The highest BCUT2D eigenvalue weighted by atomic mass is 28.3. The molecule has 1 saturated carbocycles. The highest BCUT2D eigenvalue weighted by Gasteiger charge is 2.60. The molecule has 2 unspecified atom stereocenters. The van der Waals surface area contributed by atoms with Gasteiger partial charge >= 0.3 is 0 Å². The predicted octanol–water partition coefficient (Wildman–Crippen LogP) is 14.8. The summed E-state index contributed by atoms with van der Waals surface area (Å²) in [7, 11) is -3.03. The van der Waals surface area contributed by atoms with E-state index in [1.54, 1.807) is 0 Å². The number of hydrogen-bond acceptors (Lipinski definition) is 3. The first-order valence-corrected chi connectivity index (χ1v) is 31.3. The van der Waals surface area contributed by atoms with Gasteiger partial charge in [-0.15, -0.1) is 0 Å². The molecule has 1 fully saturated rings. The summed E-state index contributed by atoms with van der Waals surface area (Å²) in [5, 5.41) is 5.80. The Kier molecular flexibility index (Phi) is 11.0. The number of rotatable bonds is 6. The molecule has 1 aliphatic carbocycles. The van der Waals surface area contributed by atoms with Gasteiger partial charge in [0.1, 0.15) is 0 Å². The molecule has 79 heavy (non-hydrogen) atoms. The van der Waals surface area contributed by atoms with E-state index in [1.807, 2.05) is 0 Å². The van der Waals surface area contributed by atoms with E-state index < -0.39 is 8.07 Å². The van der Waals surface area contributed by atoms with E-state index in [2.05, 4.69) is 291 Å². The molecule has 3 nitrogen and oxygen atoms in total. The van der Waals surface area contributed by atoms with Gasteiger partial charge < -0.3 is 14.7 Å². The Hall–Kier alpha value is -7.34. The largest absolute Gasteiger partial charge is 0.334 e. The molecular formula is C74H74BN3Si. The molecule has 5 heteroatoms. The molecule has 0 radical (unpaired) electrons.